The van der Waals surface area contributed by atoms with Gasteiger partial charge in [-0.15, -0.1) is 0 Å². The maximum atomic E-state index is 13.4. The standard InChI is InChI=1S/C32H37ClN4O5/c1-35-17-19-37(20-18-35)30(39)14-4-3-9-21-42-29-13-8-6-11-27(29)36(2)32(41)24-16-15-23(22-26(24)33)34-31(40)25-10-5-7-12-28(25)38/h5-8,10-13,15-16,22,38H,3-4,9,14,17-21H2,1-2H3,(H,34,40). The summed E-state index contributed by atoms with van der Waals surface area (Å²) in [7, 11) is 3.72. The first-order chi connectivity index (χ1) is 20.2. The molecule has 3 aromatic carbocycles. The Morgan fingerprint density at radius 1 is 0.929 bits per heavy atom. The predicted molar refractivity (Wildman–Crippen MR) is 165 cm³/mol. The van der Waals surface area contributed by atoms with Gasteiger partial charge in [0.05, 0.1) is 28.4 Å². The molecule has 4 rings (SSSR count). The molecule has 0 unspecified atom stereocenters. The van der Waals surface area contributed by atoms with Crippen molar-refractivity contribution in [2.45, 2.75) is 25.7 Å². The largest absolute Gasteiger partial charge is 0.507 e. The molecule has 10 heteroatoms. The number of hydrogen-bond acceptors (Lipinski definition) is 6. The van der Waals surface area contributed by atoms with Gasteiger partial charge in [0.25, 0.3) is 11.8 Å². The number of unbranched alkanes of at least 4 members (excludes halogenated alkanes) is 2. The highest BCUT2D eigenvalue weighted by molar-refractivity contribution is 6.35. The van der Waals surface area contributed by atoms with Gasteiger partial charge in [-0.05, 0) is 68.8 Å². The van der Waals surface area contributed by atoms with Crippen molar-refractivity contribution in [1.29, 1.82) is 0 Å². The number of nitrogens with one attached hydrogen (secondary N) is 1. The second-order valence-corrected chi connectivity index (χ2v) is 10.7. The van der Waals surface area contributed by atoms with Crippen LogP contribution >= 0.6 is 11.6 Å². The van der Waals surface area contributed by atoms with Gasteiger partial charge < -0.3 is 29.9 Å². The normalized spacial score (nSPS) is 13.5. The molecule has 0 spiro atoms. The lowest BCUT2D eigenvalue weighted by Crippen LogP contribution is -2.47. The van der Waals surface area contributed by atoms with Gasteiger partial charge in [0.15, 0.2) is 0 Å². The quantitative estimate of drug-likeness (QED) is 0.293. The molecule has 0 radical (unpaired) electrons. The molecule has 9 nitrogen and oxygen atoms in total. The van der Waals surface area contributed by atoms with Gasteiger partial charge in [0, 0.05) is 45.3 Å². The summed E-state index contributed by atoms with van der Waals surface area (Å²) in [6.07, 6.45) is 3.03. The van der Waals surface area contributed by atoms with Crippen LogP contribution in [0.5, 0.6) is 11.5 Å². The third-order valence-corrected chi connectivity index (χ3v) is 7.60. The number of phenols is 1. The number of aromatic hydroxyl groups is 1. The molecule has 1 aliphatic rings. The molecule has 2 N–H and O–H groups in total. The van der Waals surface area contributed by atoms with E-state index in [-0.39, 0.29) is 33.7 Å². The number of amides is 3. The zero-order chi connectivity index (χ0) is 30.1. The third-order valence-electron chi connectivity index (χ3n) is 7.29. The number of piperazine rings is 1. The smallest absolute Gasteiger partial charge is 0.259 e. The Balaban J connectivity index is 1.29. The number of phenolic OH excluding ortho intramolecular Hbond substituents is 1. The van der Waals surface area contributed by atoms with E-state index in [9.17, 15) is 19.5 Å². The highest BCUT2D eigenvalue weighted by Crippen LogP contribution is 2.31. The maximum Gasteiger partial charge on any atom is 0.259 e. The summed E-state index contributed by atoms with van der Waals surface area (Å²) < 4.78 is 6.03. The Bertz CT molecular complexity index is 1410. The molecular formula is C32H37ClN4O5. The molecule has 1 saturated heterocycles. The minimum Gasteiger partial charge on any atom is -0.507 e. The van der Waals surface area contributed by atoms with Crippen molar-refractivity contribution in [2.24, 2.45) is 0 Å². The molecule has 42 heavy (non-hydrogen) atoms. The Morgan fingerprint density at radius 2 is 1.64 bits per heavy atom. The molecule has 222 valence electrons. The number of rotatable bonds is 11. The number of para-hydroxylation sites is 3. The molecule has 1 aliphatic heterocycles. The van der Waals surface area contributed by atoms with E-state index < -0.39 is 5.91 Å². The highest BCUT2D eigenvalue weighted by Gasteiger charge is 2.21. The highest BCUT2D eigenvalue weighted by atomic mass is 35.5. The summed E-state index contributed by atoms with van der Waals surface area (Å²) in [5.74, 6) is -0.166. The molecule has 1 fully saturated rings. The van der Waals surface area contributed by atoms with E-state index in [1.165, 1.54) is 23.1 Å². The van der Waals surface area contributed by atoms with Crippen LogP contribution in [-0.2, 0) is 4.79 Å². The zero-order valence-corrected chi connectivity index (χ0v) is 24.8. The van der Waals surface area contributed by atoms with Gasteiger partial charge in [-0.3, -0.25) is 14.4 Å². The van der Waals surface area contributed by atoms with Gasteiger partial charge in [-0.2, -0.15) is 0 Å². The van der Waals surface area contributed by atoms with E-state index in [1.54, 1.807) is 37.4 Å². The van der Waals surface area contributed by atoms with Gasteiger partial charge in [-0.1, -0.05) is 35.9 Å². The van der Waals surface area contributed by atoms with Gasteiger partial charge in [-0.25, -0.2) is 0 Å². The van der Waals surface area contributed by atoms with Crippen molar-refractivity contribution in [2.75, 3.05) is 57.1 Å². The number of carbonyl (C=O) groups is 3. The van der Waals surface area contributed by atoms with E-state index in [0.29, 0.717) is 30.2 Å². The molecule has 0 atom stereocenters. The van der Waals surface area contributed by atoms with Crippen LogP contribution < -0.4 is 15.0 Å². The van der Waals surface area contributed by atoms with Crippen LogP contribution in [0.25, 0.3) is 0 Å². The number of carbonyl (C=O) groups excluding carboxylic acids is 3. The Hall–Kier alpha value is -4.08. The van der Waals surface area contributed by atoms with Crippen LogP contribution in [0.3, 0.4) is 0 Å². The van der Waals surface area contributed by atoms with E-state index in [2.05, 4.69) is 17.3 Å². The first-order valence-electron chi connectivity index (χ1n) is 14.1. The fourth-order valence-corrected chi connectivity index (χ4v) is 4.99. The topological polar surface area (TPSA) is 102 Å². The fraction of sp³-hybridized carbons (Fsp3) is 0.344. The Kier molecular flexibility index (Phi) is 10.8. The minimum absolute atomic E-state index is 0.129. The number of halogens is 1. The number of likely N-dealkylation sites (N-methyl/N-ethyl adjacent to an activating group) is 1. The van der Waals surface area contributed by atoms with E-state index in [4.69, 9.17) is 16.3 Å². The third kappa shape index (κ3) is 8.02. The second kappa shape index (κ2) is 14.7. The summed E-state index contributed by atoms with van der Waals surface area (Å²) in [5.41, 5.74) is 1.38. The Morgan fingerprint density at radius 3 is 2.38 bits per heavy atom. The van der Waals surface area contributed by atoms with Crippen molar-refractivity contribution < 1.29 is 24.2 Å². The van der Waals surface area contributed by atoms with Gasteiger partial charge in [0.2, 0.25) is 5.91 Å². The lowest BCUT2D eigenvalue weighted by atomic mass is 10.1. The SMILES string of the molecule is CN1CCN(C(=O)CCCCCOc2ccccc2N(C)C(=O)c2ccc(NC(=O)c3ccccc3O)cc2Cl)CC1. The van der Waals surface area contributed by atoms with Crippen molar-refractivity contribution >= 4 is 40.7 Å². The summed E-state index contributed by atoms with van der Waals surface area (Å²) >= 11 is 6.46. The summed E-state index contributed by atoms with van der Waals surface area (Å²) in [4.78, 5) is 44.0. The predicted octanol–water partition coefficient (Wildman–Crippen LogP) is 5.29. The lowest BCUT2D eigenvalue weighted by molar-refractivity contribution is -0.132. The van der Waals surface area contributed by atoms with Gasteiger partial charge >= 0.3 is 0 Å². The van der Waals surface area contributed by atoms with E-state index >= 15 is 0 Å². The first kappa shape index (κ1) is 30.9. The average molecular weight is 593 g/mol. The van der Waals surface area contributed by atoms with Crippen molar-refractivity contribution in [3.63, 3.8) is 0 Å². The lowest BCUT2D eigenvalue weighted by Gasteiger charge is -2.32. The molecule has 1 heterocycles. The number of anilines is 2. The summed E-state index contributed by atoms with van der Waals surface area (Å²) in [6.45, 7) is 3.91. The van der Waals surface area contributed by atoms with Crippen LogP contribution in [0.15, 0.2) is 66.7 Å². The van der Waals surface area contributed by atoms with Crippen LogP contribution in [0.2, 0.25) is 5.02 Å². The fourth-order valence-electron chi connectivity index (χ4n) is 4.73. The Labute approximate surface area is 251 Å². The average Bonchev–Trinajstić information content (AvgIpc) is 2.99. The molecule has 3 amide bonds. The molecule has 3 aromatic rings. The number of ether oxygens (including phenoxy) is 1. The molecule has 0 aromatic heterocycles. The van der Waals surface area contributed by atoms with Crippen LogP contribution in [0.1, 0.15) is 46.4 Å². The molecular weight excluding hydrogens is 556 g/mol. The number of benzene rings is 3. The number of hydrogen-bond donors (Lipinski definition) is 2. The van der Waals surface area contributed by atoms with Crippen LogP contribution in [-0.4, -0.2) is 79.5 Å². The second-order valence-electron chi connectivity index (χ2n) is 10.3. The van der Waals surface area contributed by atoms with Crippen molar-refractivity contribution in [3.05, 3.63) is 82.9 Å². The monoisotopic (exact) mass is 592 g/mol. The zero-order valence-electron chi connectivity index (χ0n) is 24.0. The number of nitrogens with zero attached hydrogens (tertiary/aromatic N) is 3. The van der Waals surface area contributed by atoms with Crippen LogP contribution in [0.4, 0.5) is 11.4 Å². The van der Waals surface area contributed by atoms with Crippen molar-refractivity contribution in [3.8, 4) is 11.5 Å². The van der Waals surface area contributed by atoms with Crippen LogP contribution in [0, 0.1) is 0 Å². The molecule has 0 bridgehead atoms. The van der Waals surface area contributed by atoms with Gasteiger partial charge in [0.1, 0.15) is 11.5 Å². The molecule has 0 saturated carbocycles. The maximum absolute atomic E-state index is 13.4. The van der Waals surface area contributed by atoms with E-state index in [0.717, 1.165) is 45.4 Å². The first-order valence-corrected chi connectivity index (χ1v) is 14.5. The summed E-state index contributed by atoms with van der Waals surface area (Å²) in [6, 6.07) is 18.1. The minimum atomic E-state index is -0.493. The summed E-state index contributed by atoms with van der Waals surface area (Å²) in [5, 5.41) is 12.8. The molecule has 0 aliphatic carbocycles. The van der Waals surface area contributed by atoms with Crippen molar-refractivity contribution in [1.82, 2.24) is 9.80 Å². The van der Waals surface area contributed by atoms with E-state index in [1.807, 2.05) is 23.1 Å².